The fraction of sp³-hybridized carbons (Fsp3) is 0.562. The van der Waals surface area contributed by atoms with Gasteiger partial charge in [-0.25, -0.2) is 4.79 Å². The minimum atomic E-state index is -0.260. The Bertz CT molecular complexity index is 459. The van der Waals surface area contributed by atoms with Crippen molar-refractivity contribution in [1.29, 1.82) is 0 Å². The number of esters is 1. The summed E-state index contributed by atoms with van der Waals surface area (Å²) in [5.41, 5.74) is 7.74. The zero-order valence-electron chi connectivity index (χ0n) is 12.1. The maximum Gasteiger partial charge on any atom is 0.338 e. The largest absolute Gasteiger partial charge is 0.456 e. The fourth-order valence-electron chi connectivity index (χ4n) is 2.42. The van der Waals surface area contributed by atoms with Gasteiger partial charge in [-0.2, -0.15) is 0 Å². The molecule has 0 fully saturated rings. The molecule has 1 aliphatic rings. The van der Waals surface area contributed by atoms with E-state index in [-0.39, 0.29) is 12.1 Å². The summed E-state index contributed by atoms with van der Waals surface area (Å²) in [6, 6.07) is 5.21. The molecule has 20 heavy (non-hydrogen) atoms. The number of nitrogen functional groups attached to an aromatic ring is 1. The van der Waals surface area contributed by atoms with Crippen LogP contribution in [0.2, 0.25) is 0 Å². The molecule has 2 rings (SSSR count). The van der Waals surface area contributed by atoms with E-state index in [1.165, 1.54) is 19.3 Å². The van der Waals surface area contributed by atoms with Crippen LogP contribution in [0.25, 0.3) is 0 Å². The predicted octanol–water partition coefficient (Wildman–Crippen LogP) is 3.29. The average Bonchev–Trinajstić information content (AvgIpc) is 2.41. The Hall–Kier alpha value is -1.55. The smallest absolute Gasteiger partial charge is 0.338 e. The Morgan fingerprint density at radius 2 is 2.15 bits per heavy atom. The number of unbranched alkanes of at least 4 members (excludes halogenated alkanes) is 3. The summed E-state index contributed by atoms with van der Waals surface area (Å²) in [5.74, 6) is -0.260. The molecule has 0 bridgehead atoms. The van der Waals surface area contributed by atoms with Gasteiger partial charge in [0.2, 0.25) is 0 Å². The number of ether oxygens (including phenoxy) is 2. The molecule has 0 aliphatic carbocycles. The molecule has 4 heteroatoms. The van der Waals surface area contributed by atoms with Crippen LogP contribution >= 0.6 is 0 Å². The number of hydrogen-bond donors (Lipinski definition) is 1. The van der Waals surface area contributed by atoms with Crippen molar-refractivity contribution in [2.24, 2.45) is 0 Å². The van der Waals surface area contributed by atoms with Crippen LogP contribution in [0.4, 0.5) is 5.69 Å². The van der Waals surface area contributed by atoms with Gasteiger partial charge in [-0.15, -0.1) is 0 Å². The molecule has 1 aromatic carbocycles. The third-order valence-electron chi connectivity index (χ3n) is 3.56. The van der Waals surface area contributed by atoms with Gasteiger partial charge in [-0.05, 0) is 36.6 Å². The maximum absolute atomic E-state index is 12.2. The minimum absolute atomic E-state index is 0.134. The van der Waals surface area contributed by atoms with E-state index in [9.17, 15) is 4.79 Å². The van der Waals surface area contributed by atoms with Gasteiger partial charge in [0, 0.05) is 5.69 Å². The Morgan fingerprint density at radius 3 is 2.95 bits per heavy atom. The highest BCUT2D eigenvalue weighted by Crippen LogP contribution is 2.21. The van der Waals surface area contributed by atoms with Crippen molar-refractivity contribution in [2.45, 2.75) is 51.7 Å². The van der Waals surface area contributed by atoms with E-state index in [2.05, 4.69) is 6.92 Å². The van der Waals surface area contributed by atoms with Crippen LogP contribution in [-0.2, 0) is 16.1 Å². The lowest BCUT2D eigenvalue weighted by atomic mass is 10.1. The second kappa shape index (κ2) is 7.29. The third-order valence-corrected chi connectivity index (χ3v) is 3.56. The molecule has 0 saturated carbocycles. The van der Waals surface area contributed by atoms with E-state index >= 15 is 0 Å². The summed E-state index contributed by atoms with van der Waals surface area (Å²) in [5, 5.41) is 0. The first-order chi connectivity index (χ1) is 9.70. The molecule has 0 spiro atoms. The molecule has 2 N–H and O–H groups in total. The molecule has 1 heterocycles. The van der Waals surface area contributed by atoms with Gasteiger partial charge in [0.25, 0.3) is 0 Å². The van der Waals surface area contributed by atoms with Crippen molar-refractivity contribution in [2.75, 3.05) is 12.3 Å². The lowest BCUT2D eigenvalue weighted by molar-refractivity contribution is -0.0174. The molecule has 0 aromatic heterocycles. The quantitative estimate of drug-likeness (QED) is 0.509. The summed E-state index contributed by atoms with van der Waals surface area (Å²) in [6.45, 7) is 3.06. The van der Waals surface area contributed by atoms with Gasteiger partial charge < -0.3 is 15.2 Å². The van der Waals surface area contributed by atoms with Crippen molar-refractivity contribution in [3.8, 4) is 0 Å². The maximum atomic E-state index is 12.2. The Morgan fingerprint density at radius 1 is 1.30 bits per heavy atom. The van der Waals surface area contributed by atoms with Gasteiger partial charge in [0.05, 0.1) is 18.8 Å². The van der Waals surface area contributed by atoms with Crippen molar-refractivity contribution in [3.05, 3.63) is 29.3 Å². The number of benzene rings is 1. The molecule has 1 aliphatic heterocycles. The second-order valence-electron chi connectivity index (χ2n) is 5.31. The molecule has 4 nitrogen and oxygen atoms in total. The predicted molar refractivity (Wildman–Crippen MR) is 78.5 cm³/mol. The number of fused-ring (bicyclic) bond motifs is 1. The van der Waals surface area contributed by atoms with Crippen molar-refractivity contribution in [3.63, 3.8) is 0 Å². The van der Waals surface area contributed by atoms with E-state index in [0.717, 1.165) is 18.4 Å². The Balaban J connectivity index is 1.97. The highest BCUT2D eigenvalue weighted by molar-refractivity contribution is 5.91. The molecule has 0 saturated heterocycles. The molecular weight excluding hydrogens is 254 g/mol. The molecular formula is C16H23NO3. The number of hydrogen-bond acceptors (Lipinski definition) is 4. The highest BCUT2D eigenvalue weighted by Gasteiger charge is 2.22. The first-order valence-electron chi connectivity index (χ1n) is 7.38. The second-order valence-corrected chi connectivity index (χ2v) is 5.31. The zero-order chi connectivity index (χ0) is 14.4. The lowest BCUT2D eigenvalue weighted by Gasteiger charge is -2.22. The van der Waals surface area contributed by atoms with Crippen LogP contribution in [0.1, 0.15) is 54.9 Å². The standard InChI is InChI=1S/C16H23NO3/c1-2-3-4-5-6-14-11-19-10-12-9-13(17)7-8-15(12)16(18)20-14/h7-9,14H,2-6,10-11,17H2,1H3. The number of rotatable bonds is 5. The van der Waals surface area contributed by atoms with E-state index < -0.39 is 0 Å². The van der Waals surface area contributed by atoms with E-state index in [4.69, 9.17) is 15.2 Å². The summed E-state index contributed by atoms with van der Waals surface area (Å²) < 4.78 is 11.2. The Labute approximate surface area is 120 Å². The SMILES string of the molecule is CCCCCCC1COCc2cc(N)ccc2C(=O)O1. The van der Waals surface area contributed by atoms with E-state index in [1.807, 2.05) is 0 Å². The molecule has 110 valence electrons. The highest BCUT2D eigenvalue weighted by atomic mass is 16.6. The normalized spacial score (nSPS) is 18.9. The number of carbonyl (C=O) groups excluding carboxylic acids is 1. The summed E-state index contributed by atoms with van der Waals surface area (Å²) in [6.07, 6.45) is 5.42. The summed E-state index contributed by atoms with van der Waals surface area (Å²) in [7, 11) is 0. The van der Waals surface area contributed by atoms with Crippen molar-refractivity contribution < 1.29 is 14.3 Å². The summed E-state index contributed by atoms with van der Waals surface area (Å²) >= 11 is 0. The topological polar surface area (TPSA) is 61.5 Å². The number of cyclic esters (lactones) is 1. The van der Waals surface area contributed by atoms with Crippen molar-refractivity contribution >= 4 is 11.7 Å². The van der Waals surface area contributed by atoms with Crippen LogP contribution < -0.4 is 5.73 Å². The van der Waals surface area contributed by atoms with Crippen LogP contribution in [0.15, 0.2) is 18.2 Å². The zero-order valence-corrected chi connectivity index (χ0v) is 12.1. The lowest BCUT2D eigenvalue weighted by Crippen LogP contribution is -2.27. The molecule has 1 aromatic rings. The molecule has 1 unspecified atom stereocenters. The van der Waals surface area contributed by atoms with Gasteiger partial charge in [-0.1, -0.05) is 26.2 Å². The third kappa shape index (κ3) is 3.97. The number of nitrogens with two attached hydrogens (primary N) is 1. The Kier molecular flexibility index (Phi) is 5.41. The van der Waals surface area contributed by atoms with Gasteiger partial charge in [-0.3, -0.25) is 0 Å². The summed E-state index contributed by atoms with van der Waals surface area (Å²) in [4.78, 5) is 12.2. The fourth-order valence-corrected chi connectivity index (χ4v) is 2.42. The van der Waals surface area contributed by atoms with Crippen LogP contribution in [0, 0.1) is 0 Å². The molecule has 0 amide bonds. The molecule has 1 atom stereocenters. The number of carbonyl (C=O) groups is 1. The first kappa shape index (κ1) is 14.9. The van der Waals surface area contributed by atoms with Gasteiger partial charge in [0.15, 0.2) is 0 Å². The average molecular weight is 277 g/mol. The monoisotopic (exact) mass is 277 g/mol. The van der Waals surface area contributed by atoms with Crippen LogP contribution in [0.3, 0.4) is 0 Å². The van der Waals surface area contributed by atoms with Crippen molar-refractivity contribution in [1.82, 2.24) is 0 Å². The van der Waals surface area contributed by atoms with Crippen LogP contribution in [-0.4, -0.2) is 18.7 Å². The minimum Gasteiger partial charge on any atom is -0.456 e. The van der Waals surface area contributed by atoms with E-state index in [1.54, 1.807) is 18.2 Å². The van der Waals surface area contributed by atoms with Gasteiger partial charge in [0.1, 0.15) is 6.10 Å². The number of anilines is 1. The van der Waals surface area contributed by atoms with Crippen LogP contribution in [0.5, 0.6) is 0 Å². The van der Waals surface area contributed by atoms with E-state index in [0.29, 0.717) is 24.5 Å². The molecule has 0 radical (unpaired) electrons. The van der Waals surface area contributed by atoms with Gasteiger partial charge >= 0.3 is 5.97 Å². The first-order valence-corrected chi connectivity index (χ1v) is 7.38.